The van der Waals surface area contributed by atoms with Crippen LogP contribution in [0, 0.1) is 5.41 Å². The Bertz CT molecular complexity index is 485. The molecule has 2 rings (SSSR count). The van der Waals surface area contributed by atoms with Gasteiger partial charge in [-0.25, -0.2) is 0 Å². The molecule has 0 spiro atoms. The third-order valence-corrected chi connectivity index (χ3v) is 4.14. The number of benzene rings is 1. The minimum atomic E-state index is 0.0465. The van der Waals surface area contributed by atoms with E-state index in [1.807, 2.05) is 0 Å². The average Bonchev–Trinajstić information content (AvgIpc) is 2.31. The number of carbonyl (C=O) groups is 1. The van der Waals surface area contributed by atoms with Crippen molar-refractivity contribution in [3.05, 3.63) is 33.8 Å². The van der Waals surface area contributed by atoms with Crippen LogP contribution in [0.25, 0.3) is 0 Å². The molecule has 0 atom stereocenters. The lowest BCUT2D eigenvalue weighted by atomic mass is 9.84. The van der Waals surface area contributed by atoms with Crippen molar-refractivity contribution in [2.75, 3.05) is 19.6 Å². The minimum Gasteiger partial charge on any atom is -0.295 e. The molecule has 0 aliphatic carbocycles. The van der Waals surface area contributed by atoms with Gasteiger partial charge in [-0.15, -0.1) is 0 Å². The van der Waals surface area contributed by atoms with Crippen LogP contribution in [0.2, 0.25) is 10.0 Å². The monoisotopic (exact) mass is 299 g/mol. The van der Waals surface area contributed by atoms with Gasteiger partial charge in [-0.3, -0.25) is 9.69 Å². The zero-order chi connectivity index (χ0) is 14.0. The molecular formula is C15H19Cl2NO. The van der Waals surface area contributed by atoms with Crippen LogP contribution < -0.4 is 0 Å². The highest BCUT2D eigenvalue weighted by molar-refractivity contribution is 6.36. The molecule has 0 radical (unpaired) electrons. The van der Waals surface area contributed by atoms with E-state index in [0.717, 1.165) is 19.5 Å². The van der Waals surface area contributed by atoms with Crippen LogP contribution in [0.5, 0.6) is 0 Å². The fourth-order valence-electron chi connectivity index (χ4n) is 2.68. The molecule has 1 heterocycles. The fourth-order valence-corrected chi connectivity index (χ4v) is 3.07. The predicted molar refractivity (Wildman–Crippen MR) is 80.2 cm³/mol. The second kappa shape index (κ2) is 5.82. The van der Waals surface area contributed by atoms with E-state index < -0.39 is 0 Å². The third kappa shape index (κ3) is 3.95. The number of nitrogens with zero attached hydrogens (tertiary/aromatic N) is 1. The number of Topliss-reactive ketones (excluding diaryl/α,β-unsaturated/α-hetero) is 1. The Balaban J connectivity index is 2.06. The van der Waals surface area contributed by atoms with Crippen molar-refractivity contribution in [1.29, 1.82) is 0 Å². The summed E-state index contributed by atoms with van der Waals surface area (Å²) in [5.74, 6) is 0.0465. The van der Waals surface area contributed by atoms with Crippen molar-refractivity contribution >= 4 is 29.0 Å². The normalized spacial score (nSPS) is 19.4. The lowest BCUT2D eigenvalue weighted by Crippen LogP contribution is -2.42. The van der Waals surface area contributed by atoms with Gasteiger partial charge < -0.3 is 0 Å². The molecule has 4 heteroatoms. The number of hydrogen-bond donors (Lipinski definition) is 0. The number of hydrogen-bond acceptors (Lipinski definition) is 2. The number of carbonyl (C=O) groups excluding carboxylic acids is 1. The van der Waals surface area contributed by atoms with Crippen molar-refractivity contribution in [2.24, 2.45) is 5.41 Å². The first-order valence-corrected chi connectivity index (χ1v) is 7.34. The Hall–Kier alpha value is -0.570. The van der Waals surface area contributed by atoms with Gasteiger partial charge in [0.1, 0.15) is 0 Å². The Morgan fingerprint density at radius 3 is 2.79 bits per heavy atom. The molecule has 0 saturated carbocycles. The van der Waals surface area contributed by atoms with Gasteiger partial charge in [0.05, 0.1) is 11.6 Å². The topological polar surface area (TPSA) is 20.3 Å². The van der Waals surface area contributed by atoms with E-state index >= 15 is 0 Å². The molecule has 0 N–H and O–H groups in total. The molecule has 1 saturated heterocycles. The molecule has 0 unspecified atom stereocenters. The van der Waals surface area contributed by atoms with E-state index in [0.29, 0.717) is 22.2 Å². The first kappa shape index (κ1) is 14.8. The molecule has 1 fully saturated rings. The molecule has 1 aliphatic rings. The van der Waals surface area contributed by atoms with Crippen molar-refractivity contribution in [2.45, 2.75) is 26.7 Å². The maximum atomic E-state index is 12.3. The van der Waals surface area contributed by atoms with Gasteiger partial charge in [0, 0.05) is 17.1 Å². The number of likely N-dealkylation sites (tertiary alicyclic amines) is 1. The first-order valence-electron chi connectivity index (χ1n) is 6.58. The Morgan fingerprint density at radius 2 is 2.11 bits per heavy atom. The zero-order valence-electron chi connectivity index (χ0n) is 11.4. The highest BCUT2D eigenvalue weighted by Crippen LogP contribution is 2.29. The van der Waals surface area contributed by atoms with E-state index in [9.17, 15) is 4.79 Å². The van der Waals surface area contributed by atoms with Gasteiger partial charge in [0.25, 0.3) is 0 Å². The van der Waals surface area contributed by atoms with Crippen LogP contribution in [0.1, 0.15) is 37.0 Å². The van der Waals surface area contributed by atoms with E-state index in [1.54, 1.807) is 18.2 Å². The minimum absolute atomic E-state index is 0.0465. The molecule has 0 aromatic heterocycles. The molecule has 0 bridgehead atoms. The van der Waals surface area contributed by atoms with Gasteiger partial charge in [0.15, 0.2) is 5.78 Å². The smallest absolute Gasteiger partial charge is 0.178 e. The average molecular weight is 300 g/mol. The summed E-state index contributed by atoms with van der Waals surface area (Å²) in [5, 5.41) is 1.03. The summed E-state index contributed by atoms with van der Waals surface area (Å²) >= 11 is 12.0. The standard InChI is InChI=1S/C15H19Cl2NO/c1-15(2)6-3-7-18(10-15)9-14(19)12-8-11(16)4-5-13(12)17/h4-5,8H,3,6-7,9-10H2,1-2H3. The van der Waals surface area contributed by atoms with Crippen LogP contribution in [0.15, 0.2) is 18.2 Å². The van der Waals surface area contributed by atoms with E-state index in [4.69, 9.17) is 23.2 Å². The van der Waals surface area contributed by atoms with E-state index in [1.165, 1.54) is 6.42 Å². The SMILES string of the molecule is CC1(C)CCCN(CC(=O)c2cc(Cl)ccc2Cl)C1. The summed E-state index contributed by atoms with van der Waals surface area (Å²) in [4.78, 5) is 14.5. The Labute approximate surface area is 124 Å². The molecule has 1 aromatic carbocycles. The van der Waals surface area contributed by atoms with Crippen molar-refractivity contribution in [1.82, 2.24) is 4.90 Å². The second-order valence-corrected chi connectivity index (χ2v) is 6.87. The summed E-state index contributed by atoms with van der Waals surface area (Å²) < 4.78 is 0. The fraction of sp³-hybridized carbons (Fsp3) is 0.533. The first-order chi connectivity index (χ1) is 8.87. The highest BCUT2D eigenvalue weighted by atomic mass is 35.5. The van der Waals surface area contributed by atoms with Crippen LogP contribution >= 0.6 is 23.2 Å². The van der Waals surface area contributed by atoms with Gasteiger partial charge >= 0.3 is 0 Å². The number of ketones is 1. The zero-order valence-corrected chi connectivity index (χ0v) is 12.9. The predicted octanol–water partition coefficient (Wildman–Crippen LogP) is 4.30. The lowest BCUT2D eigenvalue weighted by Gasteiger charge is -2.37. The van der Waals surface area contributed by atoms with Crippen LogP contribution in [-0.4, -0.2) is 30.3 Å². The number of rotatable bonds is 3. The molecule has 1 aromatic rings. The maximum absolute atomic E-state index is 12.3. The largest absolute Gasteiger partial charge is 0.295 e. The lowest BCUT2D eigenvalue weighted by molar-refractivity contribution is 0.0810. The summed E-state index contributed by atoms with van der Waals surface area (Å²) in [6.07, 6.45) is 2.36. The van der Waals surface area contributed by atoms with Gasteiger partial charge in [-0.05, 0) is 43.0 Å². The number of piperidine rings is 1. The molecule has 104 valence electrons. The number of halogens is 2. The molecule has 19 heavy (non-hydrogen) atoms. The van der Waals surface area contributed by atoms with E-state index in [2.05, 4.69) is 18.7 Å². The van der Waals surface area contributed by atoms with Crippen molar-refractivity contribution in [3.8, 4) is 0 Å². The third-order valence-electron chi connectivity index (χ3n) is 3.58. The van der Waals surface area contributed by atoms with Crippen LogP contribution in [0.4, 0.5) is 0 Å². The highest BCUT2D eigenvalue weighted by Gasteiger charge is 2.27. The van der Waals surface area contributed by atoms with Crippen molar-refractivity contribution in [3.63, 3.8) is 0 Å². The molecule has 0 amide bonds. The maximum Gasteiger partial charge on any atom is 0.178 e. The Kier molecular flexibility index (Phi) is 4.54. The molecule has 1 aliphatic heterocycles. The summed E-state index contributed by atoms with van der Waals surface area (Å²) in [6.45, 7) is 6.85. The van der Waals surface area contributed by atoms with E-state index in [-0.39, 0.29) is 11.2 Å². The Morgan fingerprint density at radius 1 is 1.37 bits per heavy atom. The summed E-state index contributed by atoms with van der Waals surface area (Å²) in [5.41, 5.74) is 0.814. The molecular weight excluding hydrogens is 281 g/mol. The van der Waals surface area contributed by atoms with Gasteiger partial charge in [-0.1, -0.05) is 37.0 Å². The van der Waals surface area contributed by atoms with Crippen LogP contribution in [0.3, 0.4) is 0 Å². The molecule has 2 nitrogen and oxygen atoms in total. The summed E-state index contributed by atoms with van der Waals surface area (Å²) in [7, 11) is 0. The van der Waals surface area contributed by atoms with Gasteiger partial charge in [-0.2, -0.15) is 0 Å². The van der Waals surface area contributed by atoms with Crippen LogP contribution in [-0.2, 0) is 0 Å². The van der Waals surface area contributed by atoms with Crippen molar-refractivity contribution < 1.29 is 4.79 Å². The summed E-state index contributed by atoms with van der Waals surface area (Å²) in [6, 6.07) is 5.03. The van der Waals surface area contributed by atoms with Gasteiger partial charge in [0.2, 0.25) is 0 Å². The quantitative estimate of drug-likeness (QED) is 0.776. The second-order valence-electron chi connectivity index (χ2n) is 6.03.